The molecule has 0 spiro atoms. The van der Waals surface area contributed by atoms with Gasteiger partial charge in [0.05, 0.1) is 11.6 Å². The summed E-state index contributed by atoms with van der Waals surface area (Å²) in [6.45, 7) is 4.23. The van der Waals surface area contributed by atoms with Crippen molar-refractivity contribution in [1.82, 2.24) is 15.8 Å². The number of benzene rings is 1. The van der Waals surface area contributed by atoms with E-state index < -0.39 is 0 Å². The van der Waals surface area contributed by atoms with Crippen molar-refractivity contribution < 1.29 is 14.1 Å². The molecule has 1 heterocycles. The smallest absolute Gasteiger partial charge is 0.257 e. The van der Waals surface area contributed by atoms with Gasteiger partial charge in [-0.05, 0) is 13.0 Å². The second-order valence-electron chi connectivity index (χ2n) is 4.94. The number of rotatable bonds is 8. The normalized spacial score (nSPS) is 10.7. The average molecular weight is 338 g/mol. The molecule has 1 amide bonds. The van der Waals surface area contributed by atoms with Crippen LogP contribution in [0.25, 0.3) is 11.3 Å². The van der Waals surface area contributed by atoms with Gasteiger partial charge < -0.3 is 19.9 Å². The zero-order chi connectivity index (χ0) is 16.7. The molecule has 0 bridgehead atoms. The summed E-state index contributed by atoms with van der Waals surface area (Å²) in [5.74, 6) is 0.233. The summed E-state index contributed by atoms with van der Waals surface area (Å²) in [6.07, 6.45) is 0. The molecule has 1 aromatic carbocycles. The Bertz CT molecular complexity index is 658. The molecule has 124 valence electrons. The number of nitrogens with zero attached hydrogens (tertiary/aromatic N) is 1. The molecule has 0 aliphatic carbocycles. The standard InChI is InChI=1S/C16H20ClN3O3/c1-11-14(16(21)19-8-7-18-9-10-22-2)15(20-23-11)12-5-3-4-6-13(12)17/h3-6,18H,7-10H2,1-2H3,(H,19,21). The SMILES string of the molecule is COCCNCCNC(=O)c1c(-c2ccccc2Cl)noc1C. The second-order valence-corrected chi connectivity index (χ2v) is 5.35. The summed E-state index contributed by atoms with van der Waals surface area (Å²) in [5.41, 5.74) is 1.54. The Balaban J connectivity index is 2.04. The molecule has 0 aliphatic rings. The molecule has 2 rings (SSSR count). The lowest BCUT2D eigenvalue weighted by atomic mass is 10.1. The van der Waals surface area contributed by atoms with E-state index in [9.17, 15) is 4.79 Å². The van der Waals surface area contributed by atoms with Crippen LogP contribution >= 0.6 is 11.6 Å². The molecular weight excluding hydrogens is 318 g/mol. The molecule has 6 nitrogen and oxygen atoms in total. The highest BCUT2D eigenvalue weighted by Crippen LogP contribution is 2.30. The zero-order valence-corrected chi connectivity index (χ0v) is 13.9. The largest absolute Gasteiger partial charge is 0.383 e. The minimum absolute atomic E-state index is 0.229. The monoisotopic (exact) mass is 337 g/mol. The number of ether oxygens (including phenoxy) is 1. The fraction of sp³-hybridized carbons (Fsp3) is 0.375. The minimum atomic E-state index is -0.229. The molecular formula is C16H20ClN3O3. The Morgan fingerprint density at radius 2 is 2.09 bits per heavy atom. The predicted molar refractivity (Wildman–Crippen MR) is 88.8 cm³/mol. The first-order valence-electron chi connectivity index (χ1n) is 7.34. The van der Waals surface area contributed by atoms with Crippen molar-refractivity contribution in [3.8, 4) is 11.3 Å². The Morgan fingerprint density at radius 3 is 2.83 bits per heavy atom. The van der Waals surface area contributed by atoms with Crippen LogP contribution in [-0.4, -0.2) is 44.4 Å². The lowest BCUT2D eigenvalue weighted by molar-refractivity contribution is 0.0952. The first-order chi connectivity index (χ1) is 11.1. The van der Waals surface area contributed by atoms with E-state index in [1.807, 2.05) is 18.2 Å². The van der Waals surface area contributed by atoms with E-state index in [0.717, 1.165) is 6.54 Å². The van der Waals surface area contributed by atoms with Gasteiger partial charge in [-0.3, -0.25) is 4.79 Å². The van der Waals surface area contributed by atoms with E-state index in [-0.39, 0.29) is 5.91 Å². The predicted octanol–water partition coefficient (Wildman–Crippen LogP) is 2.27. The molecule has 23 heavy (non-hydrogen) atoms. The molecule has 2 aromatic rings. The first kappa shape index (κ1) is 17.5. The van der Waals surface area contributed by atoms with E-state index in [0.29, 0.717) is 47.3 Å². The summed E-state index contributed by atoms with van der Waals surface area (Å²) >= 11 is 6.18. The van der Waals surface area contributed by atoms with Crippen LogP contribution in [0.2, 0.25) is 5.02 Å². The van der Waals surface area contributed by atoms with Gasteiger partial charge in [0, 0.05) is 32.3 Å². The van der Waals surface area contributed by atoms with E-state index >= 15 is 0 Å². The van der Waals surface area contributed by atoms with Gasteiger partial charge in [0.1, 0.15) is 17.0 Å². The van der Waals surface area contributed by atoms with E-state index in [1.54, 1.807) is 20.1 Å². The maximum atomic E-state index is 12.4. The third-order valence-electron chi connectivity index (χ3n) is 3.29. The topological polar surface area (TPSA) is 76.4 Å². The lowest BCUT2D eigenvalue weighted by Crippen LogP contribution is -2.33. The number of nitrogens with one attached hydrogen (secondary N) is 2. The van der Waals surface area contributed by atoms with Crippen LogP contribution in [0.1, 0.15) is 16.1 Å². The first-order valence-corrected chi connectivity index (χ1v) is 7.72. The number of methoxy groups -OCH3 is 1. The summed E-state index contributed by atoms with van der Waals surface area (Å²) in [7, 11) is 1.65. The van der Waals surface area contributed by atoms with Gasteiger partial charge >= 0.3 is 0 Å². The summed E-state index contributed by atoms with van der Waals surface area (Å²) in [4.78, 5) is 12.4. The van der Waals surface area contributed by atoms with E-state index in [2.05, 4.69) is 15.8 Å². The third kappa shape index (κ3) is 4.54. The average Bonchev–Trinajstić information content (AvgIpc) is 2.92. The Kier molecular flexibility index (Phi) is 6.58. The summed E-state index contributed by atoms with van der Waals surface area (Å²) in [6, 6.07) is 7.22. The molecule has 1 aromatic heterocycles. The van der Waals surface area contributed by atoms with Crippen LogP contribution in [0.4, 0.5) is 0 Å². The van der Waals surface area contributed by atoms with E-state index in [4.69, 9.17) is 20.9 Å². The molecule has 0 fully saturated rings. The Morgan fingerprint density at radius 1 is 1.30 bits per heavy atom. The van der Waals surface area contributed by atoms with Crippen LogP contribution in [0, 0.1) is 6.92 Å². The number of hydrogen-bond donors (Lipinski definition) is 2. The van der Waals surface area contributed by atoms with Crippen LogP contribution < -0.4 is 10.6 Å². The molecule has 0 saturated heterocycles. The highest BCUT2D eigenvalue weighted by molar-refractivity contribution is 6.33. The molecule has 0 atom stereocenters. The number of aromatic nitrogens is 1. The number of carbonyl (C=O) groups excluding carboxylic acids is 1. The van der Waals surface area contributed by atoms with Gasteiger partial charge in [0.2, 0.25) is 0 Å². The van der Waals surface area contributed by atoms with Gasteiger partial charge in [-0.15, -0.1) is 0 Å². The Hall–Kier alpha value is -1.89. The lowest BCUT2D eigenvalue weighted by Gasteiger charge is -2.07. The molecule has 2 N–H and O–H groups in total. The minimum Gasteiger partial charge on any atom is -0.383 e. The number of hydrogen-bond acceptors (Lipinski definition) is 5. The molecule has 0 aliphatic heterocycles. The molecule has 0 unspecified atom stereocenters. The quantitative estimate of drug-likeness (QED) is 0.723. The number of amides is 1. The van der Waals surface area contributed by atoms with Crippen molar-refractivity contribution in [2.24, 2.45) is 0 Å². The van der Waals surface area contributed by atoms with Gasteiger partial charge in [-0.25, -0.2) is 0 Å². The highest BCUT2D eigenvalue weighted by atomic mass is 35.5. The van der Waals surface area contributed by atoms with Crippen molar-refractivity contribution >= 4 is 17.5 Å². The van der Waals surface area contributed by atoms with E-state index in [1.165, 1.54) is 0 Å². The van der Waals surface area contributed by atoms with Crippen molar-refractivity contribution in [1.29, 1.82) is 0 Å². The van der Waals surface area contributed by atoms with Crippen molar-refractivity contribution in [3.63, 3.8) is 0 Å². The van der Waals surface area contributed by atoms with Crippen LogP contribution in [0.5, 0.6) is 0 Å². The zero-order valence-electron chi connectivity index (χ0n) is 13.2. The van der Waals surface area contributed by atoms with Crippen LogP contribution in [0.3, 0.4) is 0 Å². The summed E-state index contributed by atoms with van der Waals surface area (Å²) in [5, 5.41) is 10.5. The van der Waals surface area contributed by atoms with Crippen molar-refractivity contribution in [2.75, 3.05) is 33.4 Å². The Labute approximate surface area is 140 Å². The molecule has 7 heteroatoms. The molecule has 0 radical (unpaired) electrons. The third-order valence-corrected chi connectivity index (χ3v) is 3.62. The van der Waals surface area contributed by atoms with Gasteiger partial charge in [0.25, 0.3) is 5.91 Å². The van der Waals surface area contributed by atoms with Crippen LogP contribution in [-0.2, 0) is 4.74 Å². The fourth-order valence-corrected chi connectivity index (χ4v) is 2.35. The number of carbonyl (C=O) groups is 1. The fourth-order valence-electron chi connectivity index (χ4n) is 2.13. The van der Waals surface area contributed by atoms with Gasteiger partial charge in [-0.2, -0.15) is 0 Å². The maximum absolute atomic E-state index is 12.4. The van der Waals surface area contributed by atoms with Gasteiger partial charge in [-0.1, -0.05) is 35.0 Å². The molecule has 0 saturated carbocycles. The van der Waals surface area contributed by atoms with Crippen molar-refractivity contribution in [2.45, 2.75) is 6.92 Å². The van der Waals surface area contributed by atoms with Crippen molar-refractivity contribution in [3.05, 3.63) is 40.6 Å². The summed E-state index contributed by atoms with van der Waals surface area (Å²) < 4.78 is 10.1. The maximum Gasteiger partial charge on any atom is 0.257 e. The highest BCUT2D eigenvalue weighted by Gasteiger charge is 2.22. The second kappa shape index (κ2) is 8.67. The van der Waals surface area contributed by atoms with Crippen LogP contribution in [0.15, 0.2) is 28.8 Å². The number of aryl methyl sites for hydroxylation is 1. The number of halogens is 1. The van der Waals surface area contributed by atoms with Gasteiger partial charge in [0.15, 0.2) is 0 Å².